The summed E-state index contributed by atoms with van der Waals surface area (Å²) in [7, 11) is 3.93. The Morgan fingerprint density at radius 1 is 1.03 bits per heavy atom. The molecule has 0 aliphatic heterocycles. The Morgan fingerprint density at radius 2 is 1.72 bits per heavy atom. The summed E-state index contributed by atoms with van der Waals surface area (Å²) in [6, 6.07) is 20.0. The van der Waals surface area contributed by atoms with Gasteiger partial charge in [-0.2, -0.15) is 0 Å². The van der Waals surface area contributed by atoms with E-state index in [1.807, 2.05) is 67.5 Å². The highest BCUT2D eigenvalue weighted by Gasteiger charge is 2.17. The van der Waals surface area contributed by atoms with Crippen LogP contribution in [0.15, 0.2) is 77.7 Å². The molecule has 29 heavy (non-hydrogen) atoms. The number of nitrogens with zero attached hydrogens (tertiary/aromatic N) is 2. The van der Waals surface area contributed by atoms with E-state index >= 15 is 0 Å². The molecule has 0 aliphatic rings. The largest absolute Gasteiger partial charge is 0.344 e. The number of benzene rings is 2. The predicted octanol–water partition coefficient (Wildman–Crippen LogP) is 3.58. The molecule has 1 amide bonds. The lowest BCUT2D eigenvalue weighted by Crippen LogP contribution is -2.36. The minimum atomic E-state index is -0.228. The first-order valence-corrected chi connectivity index (χ1v) is 9.76. The molecule has 1 heterocycles. The van der Waals surface area contributed by atoms with Crippen LogP contribution in [0.25, 0.3) is 0 Å². The number of aromatic nitrogens is 1. The number of likely N-dealkylation sites (N-methyl/N-ethyl adjacent to an activating group) is 1. The summed E-state index contributed by atoms with van der Waals surface area (Å²) >= 11 is 6.21. The zero-order valence-corrected chi connectivity index (χ0v) is 17.3. The van der Waals surface area contributed by atoms with Crippen LogP contribution < -0.4 is 10.9 Å². The van der Waals surface area contributed by atoms with E-state index in [1.165, 1.54) is 10.6 Å². The number of amides is 1. The van der Waals surface area contributed by atoms with Gasteiger partial charge in [0.05, 0.1) is 18.2 Å². The van der Waals surface area contributed by atoms with Gasteiger partial charge in [-0.15, -0.1) is 0 Å². The third kappa shape index (κ3) is 5.56. The highest BCUT2D eigenvalue weighted by atomic mass is 35.5. The van der Waals surface area contributed by atoms with Gasteiger partial charge < -0.3 is 14.8 Å². The molecule has 2 aromatic carbocycles. The standard InChI is InChI=1S/C23H24ClN3O2/c1-26(2)16-21(17-8-4-3-5-9-17)25-23(29)19-12-13-22(28)27(15-19)14-18-10-6-7-11-20(18)24/h3-13,15,21H,14,16H2,1-2H3,(H,25,29)/t21-/m0/s1. The van der Waals surface area contributed by atoms with Crippen LogP contribution in [0.1, 0.15) is 27.5 Å². The van der Waals surface area contributed by atoms with Crippen LogP contribution in [0.5, 0.6) is 0 Å². The van der Waals surface area contributed by atoms with E-state index in [-0.39, 0.29) is 17.5 Å². The fourth-order valence-electron chi connectivity index (χ4n) is 3.13. The topological polar surface area (TPSA) is 54.3 Å². The monoisotopic (exact) mass is 409 g/mol. The van der Waals surface area contributed by atoms with E-state index in [0.29, 0.717) is 23.7 Å². The molecular formula is C23H24ClN3O2. The zero-order chi connectivity index (χ0) is 20.8. The first kappa shape index (κ1) is 20.8. The van der Waals surface area contributed by atoms with Crippen LogP contribution in [0.3, 0.4) is 0 Å². The van der Waals surface area contributed by atoms with Gasteiger partial charge in [-0.3, -0.25) is 9.59 Å². The molecule has 0 unspecified atom stereocenters. The minimum Gasteiger partial charge on any atom is -0.344 e. The van der Waals surface area contributed by atoms with Crippen molar-refractivity contribution in [3.63, 3.8) is 0 Å². The van der Waals surface area contributed by atoms with Crippen LogP contribution in [0, 0.1) is 0 Å². The fourth-order valence-corrected chi connectivity index (χ4v) is 3.32. The molecule has 1 aromatic heterocycles. The highest BCUT2D eigenvalue weighted by molar-refractivity contribution is 6.31. The van der Waals surface area contributed by atoms with Crippen molar-refractivity contribution < 1.29 is 4.79 Å². The molecule has 0 fully saturated rings. The summed E-state index contributed by atoms with van der Waals surface area (Å²) in [4.78, 5) is 27.2. The van der Waals surface area contributed by atoms with Gasteiger partial charge in [0.25, 0.3) is 11.5 Å². The average molecular weight is 410 g/mol. The number of halogens is 1. The van der Waals surface area contributed by atoms with Crippen LogP contribution in [-0.2, 0) is 6.54 Å². The van der Waals surface area contributed by atoms with E-state index in [1.54, 1.807) is 18.3 Å². The normalized spacial score (nSPS) is 12.0. The maximum absolute atomic E-state index is 12.9. The number of rotatable bonds is 7. The van der Waals surface area contributed by atoms with Gasteiger partial charge in [0.15, 0.2) is 0 Å². The van der Waals surface area contributed by atoms with Gasteiger partial charge in [0.1, 0.15) is 0 Å². The van der Waals surface area contributed by atoms with E-state index in [2.05, 4.69) is 5.32 Å². The van der Waals surface area contributed by atoms with Gasteiger partial charge in [0.2, 0.25) is 0 Å². The van der Waals surface area contributed by atoms with Gasteiger partial charge in [0, 0.05) is 23.8 Å². The molecular weight excluding hydrogens is 386 g/mol. The third-order valence-corrected chi connectivity index (χ3v) is 4.97. The molecule has 6 heteroatoms. The second kappa shape index (κ2) is 9.54. The maximum atomic E-state index is 12.9. The number of carbonyl (C=O) groups excluding carboxylic acids is 1. The molecule has 1 atom stereocenters. The molecule has 0 saturated heterocycles. The van der Waals surface area contributed by atoms with Crippen LogP contribution in [0.4, 0.5) is 0 Å². The van der Waals surface area contributed by atoms with Gasteiger partial charge in [-0.05, 0) is 37.4 Å². The molecule has 1 N–H and O–H groups in total. The molecule has 5 nitrogen and oxygen atoms in total. The smallest absolute Gasteiger partial charge is 0.253 e. The average Bonchev–Trinajstić information content (AvgIpc) is 2.71. The number of hydrogen-bond acceptors (Lipinski definition) is 3. The summed E-state index contributed by atoms with van der Waals surface area (Å²) in [5.74, 6) is -0.228. The Bertz CT molecular complexity index is 1030. The minimum absolute atomic E-state index is 0.164. The second-order valence-electron chi connectivity index (χ2n) is 7.17. The lowest BCUT2D eigenvalue weighted by atomic mass is 10.1. The first-order chi connectivity index (χ1) is 13.9. The van der Waals surface area contributed by atoms with Crippen molar-refractivity contribution in [2.75, 3.05) is 20.6 Å². The summed E-state index contributed by atoms with van der Waals surface area (Å²) in [6.45, 7) is 0.967. The van der Waals surface area contributed by atoms with Crippen molar-refractivity contribution in [2.24, 2.45) is 0 Å². The third-order valence-electron chi connectivity index (χ3n) is 4.60. The maximum Gasteiger partial charge on any atom is 0.253 e. The van der Waals surface area contributed by atoms with Crippen LogP contribution in [-0.4, -0.2) is 36.0 Å². The van der Waals surface area contributed by atoms with Gasteiger partial charge in [-0.1, -0.05) is 60.1 Å². The van der Waals surface area contributed by atoms with Gasteiger partial charge in [-0.25, -0.2) is 0 Å². The Hall–Kier alpha value is -2.89. The van der Waals surface area contributed by atoms with Gasteiger partial charge >= 0.3 is 0 Å². The first-order valence-electron chi connectivity index (χ1n) is 9.38. The quantitative estimate of drug-likeness (QED) is 0.648. The molecule has 0 bridgehead atoms. The zero-order valence-electron chi connectivity index (χ0n) is 16.5. The number of carbonyl (C=O) groups is 1. The van der Waals surface area contributed by atoms with Crippen molar-refractivity contribution in [1.82, 2.24) is 14.8 Å². The fraction of sp³-hybridized carbons (Fsp3) is 0.217. The van der Waals surface area contributed by atoms with Crippen LogP contribution >= 0.6 is 11.6 Å². The number of nitrogens with one attached hydrogen (secondary N) is 1. The van der Waals surface area contributed by atoms with Crippen molar-refractivity contribution >= 4 is 17.5 Å². The number of pyridine rings is 1. The molecule has 3 aromatic rings. The van der Waals surface area contributed by atoms with Crippen LogP contribution in [0.2, 0.25) is 5.02 Å². The molecule has 3 rings (SSSR count). The van der Waals surface area contributed by atoms with Crippen molar-refractivity contribution in [3.8, 4) is 0 Å². The molecule has 0 spiro atoms. The summed E-state index contributed by atoms with van der Waals surface area (Å²) in [5.41, 5.74) is 2.09. The van der Waals surface area contributed by atoms with Crippen molar-refractivity contribution in [2.45, 2.75) is 12.6 Å². The number of hydrogen-bond donors (Lipinski definition) is 1. The SMILES string of the molecule is CN(C)C[C@H](NC(=O)c1ccc(=O)n(Cc2ccccc2Cl)c1)c1ccccc1. The summed E-state index contributed by atoms with van der Waals surface area (Å²) in [5, 5.41) is 3.67. The van der Waals surface area contributed by atoms with E-state index in [4.69, 9.17) is 11.6 Å². The van der Waals surface area contributed by atoms with Crippen molar-refractivity contribution in [3.05, 3.63) is 105 Å². The Morgan fingerprint density at radius 3 is 2.41 bits per heavy atom. The summed E-state index contributed by atoms with van der Waals surface area (Å²) < 4.78 is 1.50. The molecule has 150 valence electrons. The second-order valence-corrected chi connectivity index (χ2v) is 7.58. The Balaban J connectivity index is 1.83. The Labute approximate surface area is 175 Å². The molecule has 0 saturated carbocycles. The lowest BCUT2D eigenvalue weighted by molar-refractivity contribution is 0.0929. The highest BCUT2D eigenvalue weighted by Crippen LogP contribution is 2.17. The molecule has 0 aliphatic carbocycles. The van der Waals surface area contributed by atoms with E-state index < -0.39 is 0 Å². The van der Waals surface area contributed by atoms with E-state index in [0.717, 1.165) is 11.1 Å². The lowest BCUT2D eigenvalue weighted by Gasteiger charge is -2.23. The predicted molar refractivity (Wildman–Crippen MR) is 116 cm³/mol. The molecule has 0 radical (unpaired) electrons. The summed E-state index contributed by atoms with van der Waals surface area (Å²) in [6.07, 6.45) is 1.58. The van der Waals surface area contributed by atoms with Crippen molar-refractivity contribution in [1.29, 1.82) is 0 Å². The Kier molecular flexibility index (Phi) is 6.86. The van der Waals surface area contributed by atoms with E-state index in [9.17, 15) is 9.59 Å².